The monoisotopic (exact) mass is 437 g/mol. The Balaban J connectivity index is 1.78. The summed E-state index contributed by atoms with van der Waals surface area (Å²) in [6, 6.07) is 7.10. The topological polar surface area (TPSA) is 109 Å². The van der Waals surface area contributed by atoms with E-state index in [9.17, 15) is 14.7 Å². The number of rotatable bonds is 6. The van der Waals surface area contributed by atoms with Gasteiger partial charge in [0.2, 0.25) is 5.43 Å². The van der Waals surface area contributed by atoms with Crippen LogP contribution in [0.5, 0.6) is 0 Å². The number of anilines is 2. The number of carbonyl (C=O) groups is 1. The summed E-state index contributed by atoms with van der Waals surface area (Å²) in [4.78, 5) is 28.1. The van der Waals surface area contributed by atoms with Crippen molar-refractivity contribution in [2.45, 2.75) is 13.3 Å². The number of carboxylic acid groups (broad SMARTS) is 1. The van der Waals surface area contributed by atoms with Gasteiger partial charge in [-0.05, 0) is 18.6 Å². The van der Waals surface area contributed by atoms with Gasteiger partial charge in [0.1, 0.15) is 11.4 Å². The Morgan fingerprint density at radius 2 is 2.03 bits per heavy atom. The lowest BCUT2D eigenvalue weighted by atomic mass is 10.0. The first-order chi connectivity index (χ1) is 15.5. The molecule has 0 unspecified atom stereocenters. The molecule has 0 atom stereocenters. The lowest BCUT2D eigenvalue weighted by molar-refractivity contribution is 0.202. The molecule has 0 saturated carbocycles. The van der Waals surface area contributed by atoms with Crippen LogP contribution in [0.3, 0.4) is 0 Å². The van der Waals surface area contributed by atoms with Crippen molar-refractivity contribution >= 4 is 17.5 Å². The number of piperazine rings is 1. The van der Waals surface area contributed by atoms with Gasteiger partial charge in [-0.25, -0.2) is 9.48 Å². The fourth-order valence-electron chi connectivity index (χ4n) is 4.02. The van der Waals surface area contributed by atoms with Crippen molar-refractivity contribution in [2.75, 3.05) is 42.5 Å². The maximum atomic E-state index is 12.7. The van der Waals surface area contributed by atoms with E-state index in [0.29, 0.717) is 24.3 Å². The molecule has 1 amide bonds. The molecule has 10 heteroatoms. The second-order valence-electron chi connectivity index (χ2n) is 7.67. The quantitative estimate of drug-likeness (QED) is 0.601. The van der Waals surface area contributed by atoms with E-state index in [0.717, 1.165) is 43.1 Å². The van der Waals surface area contributed by atoms with Crippen molar-refractivity contribution in [3.8, 4) is 5.69 Å². The van der Waals surface area contributed by atoms with Gasteiger partial charge in [0.05, 0.1) is 23.8 Å². The van der Waals surface area contributed by atoms with Crippen LogP contribution < -0.4 is 20.5 Å². The molecule has 32 heavy (non-hydrogen) atoms. The molecular weight excluding hydrogens is 410 g/mol. The molecule has 1 aliphatic rings. The number of benzene rings is 1. The van der Waals surface area contributed by atoms with Crippen LogP contribution in [-0.2, 0) is 13.5 Å². The van der Waals surface area contributed by atoms with Gasteiger partial charge in [-0.15, -0.1) is 0 Å². The number of aryl methyl sites for hydroxylation is 1. The highest BCUT2D eigenvalue weighted by Crippen LogP contribution is 2.34. The number of para-hydroxylation sites is 1. The van der Waals surface area contributed by atoms with Crippen LogP contribution in [0.2, 0.25) is 0 Å². The van der Waals surface area contributed by atoms with Crippen molar-refractivity contribution in [3.05, 3.63) is 64.3 Å². The molecule has 168 valence electrons. The van der Waals surface area contributed by atoms with E-state index < -0.39 is 6.09 Å². The number of aromatic nitrogens is 4. The molecule has 1 aliphatic heterocycles. The van der Waals surface area contributed by atoms with Gasteiger partial charge in [-0.1, -0.05) is 12.1 Å². The lowest BCUT2D eigenvalue weighted by Gasteiger charge is -2.34. The van der Waals surface area contributed by atoms with E-state index in [1.54, 1.807) is 21.8 Å². The van der Waals surface area contributed by atoms with Crippen LogP contribution in [0.4, 0.5) is 16.2 Å². The van der Waals surface area contributed by atoms with Gasteiger partial charge in [0, 0.05) is 58.5 Å². The molecule has 1 saturated heterocycles. The number of nitrogens with one attached hydrogen (secondary N) is 1. The van der Waals surface area contributed by atoms with Crippen LogP contribution in [0.15, 0.2) is 47.7 Å². The summed E-state index contributed by atoms with van der Waals surface area (Å²) >= 11 is 0. The van der Waals surface area contributed by atoms with Crippen LogP contribution in [-0.4, -0.2) is 63.5 Å². The summed E-state index contributed by atoms with van der Waals surface area (Å²) in [5.74, 6) is 0. The average molecular weight is 438 g/mol. The molecule has 1 aromatic carbocycles. The van der Waals surface area contributed by atoms with Crippen LogP contribution in [0.25, 0.3) is 5.69 Å². The molecule has 4 rings (SSSR count). The fraction of sp³-hybridized carbons (Fsp3) is 0.364. The van der Waals surface area contributed by atoms with Crippen molar-refractivity contribution < 1.29 is 9.90 Å². The van der Waals surface area contributed by atoms with Crippen LogP contribution in [0, 0.1) is 0 Å². The van der Waals surface area contributed by atoms with E-state index in [1.165, 1.54) is 11.0 Å². The predicted octanol–water partition coefficient (Wildman–Crippen LogP) is 1.47. The third-order valence-electron chi connectivity index (χ3n) is 5.56. The Labute approximate surface area is 185 Å². The first-order valence-electron chi connectivity index (χ1n) is 10.6. The third-order valence-corrected chi connectivity index (χ3v) is 5.56. The zero-order valence-electron chi connectivity index (χ0n) is 18.2. The van der Waals surface area contributed by atoms with Crippen molar-refractivity contribution in [3.63, 3.8) is 0 Å². The first kappa shape index (κ1) is 21.6. The van der Waals surface area contributed by atoms with Crippen molar-refractivity contribution in [2.24, 2.45) is 7.05 Å². The molecule has 2 aromatic heterocycles. The zero-order valence-corrected chi connectivity index (χ0v) is 18.2. The minimum atomic E-state index is -1.00. The van der Waals surface area contributed by atoms with E-state index in [1.807, 2.05) is 38.4 Å². The number of hydrogen-bond acceptors (Lipinski definition) is 6. The van der Waals surface area contributed by atoms with Gasteiger partial charge >= 0.3 is 6.09 Å². The van der Waals surface area contributed by atoms with E-state index in [4.69, 9.17) is 0 Å². The smallest absolute Gasteiger partial charge is 0.411 e. The normalized spacial score (nSPS) is 13.9. The second kappa shape index (κ2) is 9.23. The molecule has 0 radical (unpaired) electrons. The van der Waals surface area contributed by atoms with Crippen molar-refractivity contribution in [1.82, 2.24) is 24.9 Å². The van der Waals surface area contributed by atoms with E-state index in [2.05, 4.69) is 20.4 Å². The minimum Gasteiger partial charge on any atom is -0.465 e. The van der Waals surface area contributed by atoms with Gasteiger partial charge in [-0.2, -0.15) is 10.2 Å². The Bertz CT molecular complexity index is 1160. The molecule has 3 heterocycles. The highest BCUT2D eigenvalue weighted by Gasteiger charge is 2.24. The molecule has 0 bridgehead atoms. The number of amides is 1. The molecule has 1 fully saturated rings. The molecule has 3 aromatic rings. The van der Waals surface area contributed by atoms with Gasteiger partial charge in [0.15, 0.2) is 0 Å². The van der Waals surface area contributed by atoms with Gasteiger partial charge in [0.25, 0.3) is 0 Å². The van der Waals surface area contributed by atoms with Gasteiger partial charge in [-0.3, -0.25) is 14.4 Å². The Kier molecular flexibility index (Phi) is 6.22. The molecule has 0 spiro atoms. The fourth-order valence-corrected chi connectivity index (χ4v) is 4.02. The highest BCUT2D eigenvalue weighted by molar-refractivity contribution is 5.92. The Hall–Kier alpha value is -3.66. The zero-order chi connectivity index (χ0) is 22.7. The Morgan fingerprint density at radius 1 is 1.25 bits per heavy atom. The van der Waals surface area contributed by atoms with E-state index in [-0.39, 0.29) is 5.43 Å². The second-order valence-corrected chi connectivity index (χ2v) is 7.67. The summed E-state index contributed by atoms with van der Waals surface area (Å²) in [6.07, 6.45) is 4.42. The molecular formula is C22H27N7O3. The summed E-state index contributed by atoms with van der Waals surface area (Å²) in [5, 5.41) is 21.8. The summed E-state index contributed by atoms with van der Waals surface area (Å²) < 4.78 is 3.31. The van der Waals surface area contributed by atoms with Gasteiger partial charge < -0.3 is 15.3 Å². The van der Waals surface area contributed by atoms with Crippen molar-refractivity contribution in [1.29, 1.82) is 0 Å². The standard InChI is InChI=1S/C22H27N7O3/c1-3-28(22(31)32)19-6-4-5-16(21(19)27-11-8-23-9-12-27)13-18-20(30)7-10-29(25-18)17-14-24-26(2)15-17/h4-7,10,14-15,23H,3,8-9,11-13H2,1-2H3,(H,31,32). The number of hydrogen-bond donors (Lipinski definition) is 2. The summed E-state index contributed by atoms with van der Waals surface area (Å²) in [6.45, 7) is 5.27. The maximum absolute atomic E-state index is 12.7. The predicted molar refractivity (Wildman–Crippen MR) is 122 cm³/mol. The maximum Gasteiger partial charge on any atom is 0.411 e. The highest BCUT2D eigenvalue weighted by atomic mass is 16.4. The SMILES string of the molecule is CCN(C(=O)O)c1cccc(Cc2nn(-c3cnn(C)c3)ccc2=O)c1N1CCNCC1. The number of nitrogens with zero attached hydrogens (tertiary/aromatic N) is 6. The van der Waals surface area contributed by atoms with Crippen LogP contribution >= 0.6 is 0 Å². The Morgan fingerprint density at radius 3 is 2.69 bits per heavy atom. The molecule has 0 aliphatic carbocycles. The minimum absolute atomic E-state index is 0.160. The summed E-state index contributed by atoms with van der Waals surface area (Å²) in [7, 11) is 1.82. The third kappa shape index (κ3) is 4.35. The largest absolute Gasteiger partial charge is 0.465 e. The molecule has 10 nitrogen and oxygen atoms in total. The summed E-state index contributed by atoms with van der Waals surface area (Å²) in [5.41, 5.74) is 3.33. The molecule has 2 N–H and O–H groups in total. The van der Waals surface area contributed by atoms with E-state index >= 15 is 0 Å². The average Bonchev–Trinajstić information content (AvgIpc) is 3.22. The first-order valence-corrected chi connectivity index (χ1v) is 10.6. The lowest BCUT2D eigenvalue weighted by Crippen LogP contribution is -2.45. The van der Waals surface area contributed by atoms with Crippen LogP contribution in [0.1, 0.15) is 18.2 Å².